The van der Waals surface area contributed by atoms with E-state index in [1.165, 1.54) is 6.07 Å². The second-order valence-corrected chi connectivity index (χ2v) is 8.54. The van der Waals surface area contributed by atoms with Gasteiger partial charge in [-0.1, -0.05) is 13.0 Å². The van der Waals surface area contributed by atoms with E-state index >= 15 is 0 Å². The molecule has 22 heavy (non-hydrogen) atoms. The van der Waals surface area contributed by atoms with Gasteiger partial charge in [0.1, 0.15) is 4.21 Å². The number of carbonyl (C=O) groups excluding carboxylic acids is 1. The predicted molar refractivity (Wildman–Crippen MR) is 90.0 cm³/mol. The van der Waals surface area contributed by atoms with Crippen LogP contribution < -0.4 is 15.4 Å². The first-order chi connectivity index (χ1) is 9.91. The molecule has 1 fully saturated rings. The molecule has 0 radical (unpaired) electrons. The summed E-state index contributed by atoms with van der Waals surface area (Å²) in [4.78, 5) is 11.8. The minimum absolute atomic E-state index is 0. The average Bonchev–Trinajstić information content (AvgIpc) is 2.99. The summed E-state index contributed by atoms with van der Waals surface area (Å²) in [5, 5.41) is 7.79. The lowest BCUT2D eigenvalue weighted by atomic mass is 9.81. The van der Waals surface area contributed by atoms with Gasteiger partial charge in [-0.3, -0.25) is 4.79 Å². The third kappa shape index (κ3) is 5.51. The van der Waals surface area contributed by atoms with E-state index in [0.717, 1.165) is 37.3 Å². The minimum Gasteiger partial charge on any atom is -0.354 e. The topological polar surface area (TPSA) is 87.3 Å². The van der Waals surface area contributed by atoms with Gasteiger partial charge < -0.3 is 10.6 Å². The quantitative estimate of drug-likeness (QED) is 0.698. The van der Waals surface area contributed by atoms with Gasteiger partial charge in [0, 0.05) is 6.54 Å². The first-order valence-corrected chi connectivity index (χ1v) is 9.28. The van der Waals surface area contributed by atoms with Crippen LogP contribution in [0, 0.1) is 5.41 Å². The molecule has 1 aliphatic rings. The minimum atomic E-state index is -3.57. The van der Waals surface area contributed by atoms with Crippen LogP contribution in [-0.4, -0.2) is 40.5 Å². The summed E-state index contributed by atoms with van der Waals surface area (Å²) in [6.07, 6.45) is 2.02. The van der Waals surface area contributed by atoms with Gasteiger partial charge >= 0.3 is 0 Å². The Bertz CT molecular complexity index is 569. The van der Waals surface area contributed by atoms with Gasteiger partial charge in [0.25, 0.3) is 10.0 Å². The van der Waals surface area contributed by atoms with E-state index in [0.29, 0.717) is 6.54 Å². The van der Waals surface area contributed by atoms with Crippen LogP contribution in [0.4, 0.5) is 0 Å². The second-order valence-electron chi connectivity index (χ2n) is 5.59. The fraction of sp³-hybridized carbons (Fsp3) is 0.615. The molecule has 1 saturated heterocycles. The van der Waals surface area contributed by atoms with Crippen molar-refractivity contribution < 1.29 is 13.2 Å². The number of halogens is 1. The smallest absolute Gasteiger partial charge is 0.250 e. The first-order valence-electron chi connectivity index (χ1n) is 6.92. The third-order valence-electron chi connectivity index (χ3n) is 3.71. The predicted octanol–water partition coefficient (Wildman–Crippen LogP) is 0.954. The number of rotatable bonds is 6. The van der Waals surface area contributed by atoms with Crippen molar-refractivity contribution in [3.8, 4) is 0 Å². The molecule has 2 rings (SSSR count). The standard InChI is InChI=1S/C13H21N3O3S2.ClH/c1-13(4-6-14-7-5-13)10-15-11(17)9-16-21(18,19)12-3-2-8-20-12;/h2-3,8,14,16H,4-7,9-10H2,1H3,(H,15,17);1H. The highest BCUT2D eigenvalue weighted by molar-refractivity contribution is 7.91. The summed E-state index contributed by atoms with van der Waals surface area (Å²) >= 11 is 1.13. The van der Waals surface area contributed by atoms with Crippen molar-refractivity contribution in [2.24, 2.45) is 5.41 Å². The molecule has 3 N–H and O–H groups in total. The summed E-state index contributed by atoms with van der Waals surface area (Å²) < 4.78 is 26.3. The van der Waals surface area contributed by atoms with Crippen LogP contribution >= 0.6 is 23.7 Å². The van der Waals surface area contributed by atoms with Gasteiger partial charge in [-0.15, -0.1) is 23.7 Å². The van der Waals surface area contributed by atoms with Crippen molar-refractivity contribution in [3.05, 3.63) is 17.5 Å². The van der Waals surface area contributed by atoms with Crippen LogP contribution in [0.5, 0.6) is 0 Å². The van der Waals surface area contributed by atoms with Crippen molar-refractivity contribution in [2.75, 3.05) is 26.2 Å². The molecule has 0 atom stereocenters. The number of piperidine rings is 1. The summed E-state index contributed by atoms with van der Waals surface area (Å²) in [7, 11) is -3.57. The Labute approximate surface area is 141 Å². The van der Waals surface area contributed by atoms with Gasteiger partial charge in [-0.05, 0) is 42.8 Å². The molecule has 0 saturated carbocycles. The molecule has 2 heterocycles. The highest BCUT2D eigenvalue weighted by atomic mass is 35.5. The van der Waals surface area contributed by atoms with E-state index in [1.807, 2.05) is 0 Å². The molecule has 9 heteroatoms. The zero-order chi connectivity index (χ0) is 15.3. The number of nitrogens with one attached hydrogen (secondary N) is 3. The lowest BCUT2D eigenvalue weighted by Crippen LogP contribution is -2.45. The first kappa shape index (κ1) is 19.4. The molecule has 1 aliphatic heterocycles. The average molecular weight is 368 g/mol. The van der Waals surface area contributed by atoms with Gasteiger partial charge in [0.05, 0.1) is 6.54 Å². The van der Waals surface area contributed by atoms with Crippen molar-refractivity contribution in [2.45, 2.75) is 24.0 Å². The van der Waals surface area contributed by atoms with Crippen molar-refractivity contribution in [1.82, 2.24) is 15.4 Å². The molecular formula is C13H22ClN3O3S2. The number of sulfonamides is 1. The number of carbonyl (C=O) groups is 1. The van der Waals surface area contributed by atoms with Crippen molar-refractivity contribution in [3.63, 3.8) is 0 Å². The Balaban J connectivity index is 0.00000242. The van der Waals surface area contributed by atoms with Crippen LogP contribution in [0.2, 0.25) is 0 Å². The molecule has 0 aromatic carbocycles. The molecule has 0 bridgehead atoms. The summed E-state index contributed by atoms with van der Waals surface area (Å²) in [5.74, 6) is -0.296. The monoisotopic (exact) mass is 367 g/mol. The van der Waals surface area contributed by atoms with Crippen molar-refractivity contribution in [1.29, 1.82) is 0 Å². The molecular weight excluding hydrogens is 346 g/mol. The highest BCUT2D eigenvalue weighted by Gasteiger charge is 2.27. The van der Waals surface area contributed by atoms with E-state index in [9.17, 15) is 13.2 Å². The van der Waals surface area contributed by atoms with Gasteiger partial charge in [-0.2, -0.15) is 0 Å². The maximum absolute atomic E-state index is 11.9. The third-order valence-corrected chi connectivity index (χ3v) is 6.50. The van der Waals surface area contributed by atoms with Crippen LogP contribution in [0.3, 0.4) is 0 Å². The number of amides is 1. The maximum atomic E-state index is 11.9. The van der Waals surface area contributed by atoms with Crippen LogP contribution in [0.15, 0.2) is 21.7 Å². The summed E-state index contributed by atoms with van der Waals surface area (Å²) in [6.45, 7) is 4.40. The van der Waals surface area contributed by atoms with E-state index in [1.54, 1.807) is 11.4 Å². The fourth-order valence-corrected chi connectivity index (χ4v) is 4.25. The number of hydrogen-bond donors (Lipinski definition) is 3. The van der Waals surface area contributed by atoms with Crippen LogP contribution in [-0.2, 0) is 14.8 Å². The van der Waals surface area contributed by atoms with E-state index in [4.69, 9.17) is 0 Å². The van der Waals surface area contributed by atoms with Crippen LogP contribution in [0.25, 0.3) is 0 Å². The molecule has 126 valence electrons. The van der Waals surface area contributed by atoms with Crippen LogP contribution in [0.1, 0.15) is 19.8 Å². The number of thiophene rings is 1. The lowest BCUT2D eigenvalue weighted by molar-refractivity contribution is -0.120. The Morgan fingerprint density at radius 3 is 2.68 bits per heavy atom. The lowest BCUT2D eigenvalue weighted by Gasteiger charge is -2.34. The van der Waals surface area contributed by atoms with Gasteiger partial charge in [-0.25, -0.2) is 13.1 Å². The maximum Gasteiger partial charge on any atom is 0.250 e. The molecule has 1 amide bonds. The molecule has 6 nitrogen and oxygen atoms in total. The van der Waals surface area contributed by atoms with Gasteiger partial charge in [0.2, 0.25) is 5.91 Å². The summed E-state index contributed by atoms with van der Waals surface area (Å²) in [6, 6.07) is 3.18. The Kier molecular flexibility index (Phi) is 7.27. The van der Waals surface area contributed by atoms with E-state index in [2.05, 4.69) is 22.3 Å². The second kappa shape index (κ2) is 8.26. The van der Waals surface area contributed by atoms with E-state index in [-0.39, 0.29) is 34.5 Å². The normalized spacial score (nSPS) is 17.5. The Morgan fingerprint density at radius 2 is 2.09 bits per heavy atom. The van der Waals surface area contributed by atoms with Crippen molar-refractivity contribution >= 4 is 39.7 Å². The Morgan fingerprint density at radius 1 is 1.41 bits per heavy atom. The van der Waals surface area contributed by atoms with E-state index < -0.39 is 10.0 Å². The summed E-state index contributed by atoms with van der Waals surface area (Å²) in [5.41, 5.74) is 0.0908. The molecule has 1 aromatic rings. The highest BCUT2D eigenvalue weighted by Crippen LogP contribution is 2.26. The zero-order valence-electron chi connectivity index (χ0n) is 12.4. The fourth-order valence-electron chi connectivity index (χ4n) is 2.23. The molecule has 0 spiro atoms. The molecule has 1 aromatic heterocycles. The zero-order valence-corrected chi connectivity index (χ0v) is 14.9. The van der Waals surface area contributed by atoms with Gasteiger partial charge in [0.15, 0.2) is 0 Å². The number of hydrogen-bond acceptors (Lipinski definition) is 5. The molecule has 0 unspecified atom stereocenters. The SMILES string of the molecule is CC1(CNC(=O)CNS(=O)(=O)c2cccs2)CCNCC1.Cl. The largest absolute Gasteiger partial charge is 0.354 e. The molecule has 0 aliphatic carbocycles. The Hall–Kier alpha value is -0.670.